The van der Waals surface area contributed by atoms with Crippen LogP contribution in [0.5, 0.6) is 0 Å². The summed E-state index contributed by atoms with van der Waals surface area (Å²) in [6, 6.07) is 0. The second-order valence-electron chi connectivity index (χ2n) is 5.50. The maximum absolute atomic E-state index is 10.4. The van der Waals surface area contributed by atoms with E-state index in [-0.39, 0.29) is 0 Å². The van der Waals surface area contributed by atoms with E-state index in [1.54, 1.807) is 5.57 Å². The zero-order valence-electron chi connectivity index (χ0n) is 11.8. The number of allylic oxidation sites excluding steroid dienone is 2. The van der Waals surface area contributed by atoms with Gasteiger partial charge in [-0.05, 0) is 44.4 Å². The molecule has 1 aliphatic carbocycles. The van der Waals surface area contributed by atoms with Crippen molar-refractivity contribution in [2.75, 3.05) is 0 Å². The summed E-state index contributed by atoms with van der Waals surface area (Å²) in [5.41, 5.74) is 1.70. The fourth-order valence-corrected chi connectivity index (χ4v) is 2.88. The van der Waals surface area contributed by atoms with Gasteiger partial charge in [-0.3, -0.25) is 4.79 Å². The van der Waals surface area contributed by atoms with E-state index in [1.807, 2.05) is 0 Å². The number of carboxylic acid groups (broad SMARTS) is 1. The molecule has 104 valence electrons. The van der Waals surface area contributed by atoms with Gasteiger partial charge in [0.15, 0.2) is 0 Å². The molecule has 0 aromatic rings. The number of rotatable bonds is 10. The average Bonchev–Trinajstić information content (AvgIpc) is 2.76. The molecule has 1 atom stereocenters. The summed E-state index contributed by atoms with van der Waals surface area (Å²) >= 11 is 0. The van der Waals surface area contributed by atoms with Gasteiger partial charge < -0.3 is 5.11 Å². The monoisotopic (exact) mass is 252 g/mol. The molecule has 0 unspecified atom stereocenters. The maximum Gasteiger partial charge on any atom is 0.303 e. The molecule has 0 aromatic carbocycles. The van der Waals surface area contributed by atoms with E-state index in [2.05, 4.69) is 13.0 Å². The standard InChI is InChI=1S/C16H28O2/c1-2-3-5-9-14-11-8-12-15(14)10-6-4-7-13-16(17)18/h11,15H,2-10,12-13H2,1H3,(H,17,18)/t15-/m0/s1. The van der Waals surface area contributed by atoms with E-state index >= 15 is 0 Å². The first-order valence-electron chi connectivity index (χ1n) is 7.64. The lowest BCUT2D eigenvalue weighted by Crippen LogP contribution is -2.00. The van der Waals surface area contributed by atoms with Crippen LogP contribution in [0.15, 0.2) is 11.6 Å². The topological polar surface area (TPSA) is 37.3 Å². The van der Waals surface area contributed by atoms with Crippen LogP contribution >= 0.6 is 0 Å². The van der Waals surface area contributed by atoms with Gasteiger partial charge in [-0.1, -0.05) is 44.3 Å². The Kier molecular flexibility index (Phi) is 7.79. The summed E-state index contributed by atoms with van der Waals surface area (Å²) in [6.07, 6.45) is 15.1. The minimum atomic E-state index is -0.656. The largest absolute Gasteiger partial charge is 0.481 e. The number of hydrogen-bond acceptors (Lipinski definition) is 1. The highest BCUT2D eigenvalue weighted by Crippen LogP contribution is 2.33. The van der Waals surface area contributed by atoms with Gasteiger partial charge in [0, 0.05) is 6.42 Å². The van der Waals surface area contributed by atoms with Crippen molar-refractivity contribution in [3.8, 4) is 0 Å². The first-order valence-corrected chi connectivity index (χ1v) is 7.64. The summed E-state index contributed by atoms with van der Waals surface area (Å²) in [5, 5.41) is 8.58. The fourth-order valence-electron chi connectivity index (χ4n) is 2.88. The van der Waals surface area contributed by atoms with Crippen molar-refractivity contribution >= 4 is 5.97 Å². The molecule has 1 aliphatic rings. The van der Waals surface area contributed by atoms with E-state index in [0.717, 1.165) is 18.8 Å². The first-order chi connectivity index (χ1) is 8.74. The van der Waals surface area contributed by atoms with E-state index < -0.39 is 5.97 Å². The number of carboxylic acids is 1. The predicted octanol–water partition coefficient (Wildman–Crippen LogP) is 4.94. The van der Waals surface area contributed by atoms with Crippen LogP contribution < -0.4 is 0 Å². The molecule has 0 aliphatic heterocycles. The lowest BCUT2D eigenvalue weighted by Gasteiger charge is -2.14. The molecule has 0 amide bonds. The number of aliphatic carboxylic acids is 1. The predicted molar refractivity (Wildman–Crippen MR) is 75.7 cm³/mol. The highest BCUT2D eigenvalue weighted by Gasteiger charge is 2.17. The third-order valence-corrected chi connectivity index (χ3v) is 3.96. The molecule has 18 heavy (non-hydrogen) atoms. The van der Waals surface area contributed by atoms with E-state index in [1.165, 1.54) is 51.4 Å². The summed E-state index contributed by atoms with van der Waals surface area (Å²) in [5.74, 6) is 0.155. The second kappa shape index (κ2) is 9.18. The quantitative estimate of drug-likeness (QED) is 0.442. The maximum atomic E-state index is 10.4. The van der Waals surface area contributed by atoms with Gasteiger partial charge in [0.05, 0.1) is 0 Å². The summed E-state index contributed by atoms with van der Waals surface area (Å²) in [6.45, 7) is 2.25. The highest BCUT2D eigenvalue weighted by molar-refractivity contribution is 5.66. The smallest absolute Gasteiger partial charge is 0.303 e. The summed E-state index contributed by atoms with van der Waals surface area (Å²) in [4.78, 5) is 10.4. The average molecular weight is 252 g/mol. The van der Waals surface area contributed by atoms with Gasteiger partial charge in [-0.2, -0.15) is 0 Å². The van der Waals surface area contributed by atoms with Crippen LogP contribution in [0, 0.1) is 5.92 Å². The second-order valence-corrected chi connectivity index (χ2v) is 5.50. The molecule has 0 saturated heterocycles. The molecule has 0 bridgehead atoms. The highest BCUT2D eigenvalue weighted by atomic mass is 16.4. The minimum Gasteiger partial charge on any atom is -0.481 e. The van der Waals surface area contributed by atoms with Crippen LogP contribution in [-0.4, -0.2) is 11.1 Å². The summed E-state index contributed by atoms with van der Waals surface area (Å²) in [7, 11) is 0. The molecular weight excluding hydrogens is 224 g/mol. The third-order valence-electron chi connectivity index (χ3n) is 3.96. The van der Waals surface area contributed by atoms with Gasteiger partial charge >= 0.3 is 5.97 Å². The molecule has 2 nitrogen and oxygen atoms in total. The van der Waals surface area contributed by atoms with Gasteiger partial charge in [-0.25, -0.2) is 0 Å². The van der Waals surface area contributed by atoms with Crippen LogP contribution in [0.25, 0.3) is 0 Å². The van der Waals surface area contributed by atoms with Crippen molar-refractivity contribution in [1.82, 2.24) is 0 Å². The number of carbonyl (C=O) groups is 1. The van der Waals surface area contributed by atoms with Crippen molar-refractivity contribution < 1.29 is 9.90 Å². The van der Waals surface area contributed by atoms with Crippen molar-refractivity contribution in [2.45, 2.75) is 77.6 Å². The third kappa shape index (κ3) is 6.23. The SMILES string of the molecule is CCCCCC1=CCC[C@@H]1CCCCCC(=O)O. The zero-order chi connectivity index (χ0) is 13.2. The Balaban J connectivity index is 2.09. The van der Waals surface area contributed by atoms with Crippen molar-refractivity contribution in [3.63, 3.8) is 0 Å². The van der Waals surface area contributed by atoms with Crippen LogP contribution in [0.1, 0.15) is 77.6 Å². The van der Waals surface area contributed by atoms with Crippen molar-refractivity contribution in [2.24, 2.45) is 5.92 Å². The molecule has 0 heterocycles. The fraction of sp³-hybridized carbons (Fsp3) is 0.812. The zero-order valence-corrected chi connectivity index (χ0v) is 11.8. The summed E-state index contributed by atoms with van der Waals surface area (Å²) < 4.78 is 0. The minimum absolute atomic E-state index is 0.337. The molecule has 1 N–H and O–H groups in total. The first kappa shape index (κ1) is 15.3. The van der Waals surface area contributed by atoms with Crippen LogP contribution in [0.3, 0.4) is 0 Å². The van der Waals surface area contributed by atoms with Crippen LogP contribution in [0.4, 0.5) is 0 Å². The Bertz CT molecular complexity index is 268. The lowest BCUT2D eigenvalue weighted by atomic mass is 9.91. The molecule has 0 aromatic heterocycles. The van der Waals surface area contributed by atoms with E-state index in [9.17, 15) is 4.79 Å². The Labute approximate surface area is 111 Å². The van der Waals surface area contributed by atoms with Crippen LogP contribution in [0.2, 0.25) is 0 Å². The van der Waals surface area contributed by atoms with Gasteiger partial charge in [-0.15, -0.1) is 0 Å². The molecule has 0 fully saturated rings. The Hall–Kier alpha value is -0.790. The molecule has 0 radical (unpaired) electrons. The van der Waals surface area contributed by atoms with Gasteiger partial charge in [0.25, 0.3) is 0 Å². The Morgan fingerprint density at radius 3 is 2.83 bits per heavy atom. The Morgan fingerprint density at radius 2 is 2.11 bits per heavy atom. The van der Waals surface area contributed by atoms with Gasteiger partial charge in [0.2, 0.25) is 0 Å². The molecule has 0 spiro atoms. The van der Waals surface area contributed by atoms with Gasteiger partial charge in [0.1, 0.15) is 0 Å². The van der Waals surface area contributed by atoms with Crippen LogP contribution in [-0.2, 0) is 4.79 Å². The lowest BCUT2D eigenvalue weighted by molar-refractivity contribution is -0.137. The molecular formula is C16H28O2. The van der Waals surface area contributed by atoms with E-state index in [4.69, 9.17) is 5.11 Å². The number of unbranched alkanes of at least 4 members (excludes halogenated alkanes) is 4. The molecule has 2 heteroatoms. The van der Waals surface area contributed by atoms with Crippen molar-refractivity contribution in [1.29, 1.82) is 0 Å². The number of hydrogen-bond donors (Lipinski definition) is 1. The van der Waals surface area contributed by atoms with E-state index in [0.29, 0.717) is 6.42 Å². The Morgan fingerprint density at radius 1 is 1.28 bits per heavy atom. The normalized spacial score (nSPS) is 18.9. The van der Waals surface area contributed by atoms with Crippen molar-refractivity contribution in [3.05, 3.63) is 11.6 Å². The molecule has 1 rings (SSSR count). The molecule has 0 saturated carbocycles.